The van der Waals surface area contributed by atoms with Gasteiger partial charge in [0.15, 0.2) is 0 Å². The molecule has 0 amide bonds. The molecule has 0 saturated heterocycles. The van der Waals surface area contributed by atoms with Crippen LogP contribution in [0.15, 0.2) is 158 Å². The fraction of sp³-hybridized carbons (Fsp3) is 0.608. The highest BCUT2D eigenvalue weighted by molar-refractivity contribution is 5.70. The second kappa shape index (κ2) is 33.3. The Morgan fingerprint density at radius 1 is 0.366 bits per heavy atom. The number of fused-ring (bicyclic) bond motifs is 27. The number of esters is 1. The number of carbonyl (C=O) groups excluding carboxylic acids is 1. The van der Waals surface area contributed by atoms with Gasteiger partial charge in [0.1, 0.15) is 6.61 Å². The zero-order chi connectivity index (χ0) is 59.5. The molecular weight excluding hydrogens is 997 g/mol. The normalized spacial score (nSPS) is 36.7. The summed E-state index contributed by atoms with van der Waals surface area (Å²) in [5, 5.41) is 7.00. The summed E-state index contributed by atoms with van der Waals surface area (Å²) in [6.45, 7) is 28.4. The van der Waals surface area contributed by atoms with Crippen molar-refractivity contribution in [1.29, 1.82) is 0 Å². The number of rotatable bonds is 8. The number of hydrogen-bond acceptors (Lipinski definition) is 3. The fourth-order valence-electron chi connectivity index (χ4n) is 20.0. The minimum atomic E-state index is 0.00153. The predicted octanol–water partition coefficient (Wildman–Crippen LogP) is 21.0. The first kappa shape index (κ1) is 66.7. The van der Waals surface area contributed by atoms with Gasteiger partial charge >= 0.3 is 5.97 Å². The van der Waals surface area contributed by atoms with Gasteiger partial charge < -0.3 is 9.84 Å². The highest BCUT2D eigenvalue weighted by atomic mass is 16.5. The van der Waals surface area contributed by atoms with Gasteiger partial charge in [0.05, 0.1) is 0 Å². The van der Waals surface area contributed by atoms with Crippen LogP contribution >= 0.6 is 0 Å². The van der Waals surface area contributed by atoms with Crippen molar-refractivity contribution in [1.82, 2.24) is 0 Å². The number of allylic oxidation sites excluding steroid dienone is 6. The van der Waals surface area contributed by atoms with Crippen molar-refractivity contribution in [3.8, 4) is 0 Å². The van der Waals surface area contributed by atoms with Crippen molar-refractivity contribution in [2.45, 2.75) is 180 Å². The number of benzene rings is 4. The van der Waals surface area contributed by atoms with Crippen LogP contribution in [0.2, 0.25) is 0 Å². The summed E-state index contributed by atoms with van der Waals surface area (Å²) in [5.74, 6) is 19.9. The van der Waals surface area contributed by atoms with Gasteiger partial charge in [-0.2, -0.15) is 0 Å². The third kappa shape index (κ3) is 13.6. The van der Waals surface area contributed by atoms with Crippen LogP contribution in [0.5, 0.6) is 0 Å². The Labute approximate surface area is 503 Å². The van der Waals surface area contributed by atoms with E-state index in [2.05, 4.69) is 127 Å². The predicted molar refractivity (Wildman–Crippen MR) is 351 cm³/mol. The Balaban J connectivity index is 0.000000177. The van der Waals surface area contributed by atoms with Gasteiger partial charge in [-0.05, 0) is 210 Å². The van der Waals surface area contributed by atoms with E-state index < -0.39 is 0 Å². The number of carbonyl (C=O) groups is 1. The van der Waals surface area contributed by atoms with Crippen LogP contribution in [0, 0.1) is 118 Å². The molecular formula is C79H116O3. The molecule has 9 saturated carbocycles. The first-order valence-corrected chi connectivity index (χ1v) is 34.4. The fourth-order valence-corrected chi connectivity index (χ4v) is 20.0. The third-order valence-electron chi connectivity index (χ3n) is 21.6. The number of aliphatic hydroxyl groups excluding tert-OH is 1. The van der Waals surface area contributed by atoms with E-state index in [1.165, 1.54) is 51.4 Å². The van der Waals surface area contributed by atoms with Crippen molar-refractivity contribution < 1.29 is 14.6 Å². The van der Waals surface area contributed by atoms with Crippen LogP contribution in [-0.4, -0.2) is 18.2 Å². The molecule has 3 nitrogen and oxygen atoms in total. The summed E-state index contributed by atoms with van der Waals surface area (Å²) < 4.78 is 5.52. The summed E-state index contributed by atoms with van der Waals surface area (Å²) in [6, 6.07) is 44.0. The van der Waals surface area contributed by atoms with Gasteiger partial charge in [-0.25, -0.2) is 0 Å². The zero-order valence-corrected chi connectivity index (χ0v) is 54.3. The summed E-state index contributed by atoms with van der Waals surface area (Å²) in [5.41, 5.74) is 5.82. The highest BCUT2D eigenvalue weighted by Crippen LogP contribution is 2.73. The number of ether oxygens (including phenoxy) is 1. The lowest BCUT2D eigenvalue weighted by molar-refractivity contribution is -0.146. The molecule has 0 aliphatic heterocycles. The third-order valence-corrected chi connectivity index (χ3v) is 21.6. The van der Waals surface area contributed by atoms with Crippen LogP contribution in [0.4, 0.5) is 0 Å². The molecule has 12 aliphatic rings. The molecule has 16 rings (SSSR count). The summed E-state index contributed by atoms with van der Waals surface area (Å²) in [7, 11) is 1.00. The topological polar surface area (TPSA) is 46.5 Å². The van der Waals surface area contributed by atoms with E-state index in [0.717, 1.165) is 137 Å². The van der Waals surface area contributed by atoms with E-state index in [-0.39, 0.29) is 5.97 Å². The smallest absolute Gasteiger partial charge is 0.306 e. The molecule has 82 heavy (non-hydrogen) atoms. The van der Waals surface area contributed by atoms with Crippen LogP contribution in [0.1, 0.15) is 189 Å². The van der Waals surface area contributed by atoms with E-state index in [4.69, 9.17) is 9.84 Å². The number of aliphatic hydroxyl groups is 1. The molecule has 12 bridgehead atoms. The van der Waals surface area contributed by atoms with Gasteiger partial charge in [0.2, 0.25) is 0 Å². The molecule has 1 N–H and O–H groups in total. The first-order valence-electron chi connectivity index (χ1n) is 34.4. The Hall–Kier alpha value is -4.47. The van der Waals surface area contributed by atoms with Crippen molar-refractivity contribution in [2.75, 3.05) is 7.11 Å². The number of hydrogen-bond donors (Lipinski definition) is 1. The molecule has 0 heterocycles. The molecule has 12 aliphatic carbocycles. The largest absolute Gasteiger partial charge is 0.461 e. The van der Waals surface area contributed by atoms with E-state index in [1.54, 1.807) is 23.1 Å². The second-order valence-electron chi connectivity index (χ2n) is 24.1. The maximum Gasteiger partial charge on any atom is 0.306 e. The average Bonchev–Trinajstić information content (AvgIpc) is 3.28. The Kier molecular flexibility index (Phi) is 27.1. The molecule has 0 aromatic heterocycles. The second-order valence-corrected chi connectivity index (χ2v) is 24.1. The van der Waals surface area contributed by atoms with Crippen LogP contribution in [-0.2, 0) is 22.6 Å². The van der Waals surface area contributed by atoms with Crippen LogP contribution in [0.25, 0.3) is 0 Å². The van der Waals surface area contributed by atoms with Crippen molar-refractivity contribution in [3.63, 3.8) is 0 Å². The molecule has 4 aromatic carbocycles. The molecule has 0 radical (unpaired) electrons. The molecule has 22 unspecified atom stereocenters. The van der Waals surface area contributed by atoms with Gasteiger partial charge in [0.25, 0.3) is 0 Å². The highest BCUT2D eigenvalue weighted by Gasteiger charge is 2.65. The van der Waals surface area contributed by atoms with E-state index in [0.29, 0.717) is 18.9 Å². The molecule has 450 valence electrons. The Morgan fingerprint density at radius 3 is 1.07 bits per heavy atom. The first-order chi connectivity index (χ1) is 40.6. The average molecular weight is 1110 g/mol. The molecule has 9 fully saturated rings. The van der Waals surface area contributed by atoms with Crippen molar-refractivity contribution in [3.05, 3.63) is 180 Å². The zero-order valence-electron chi connectivity index (χ0n) is 54.3. The minimum Gasteiger partial charge on any atom is -0.461 e. The summed E-state index contributed by atoms with van der Waals surface area (Å²) in [4.78, 5) is 12.3. The SMILES string of the molecule is C1=CC2CC1C1C3CC(C(c4ccccc4)C3c3ccccc3)C21.C1=CC2CC1C1C3CC(Cc4ccccc4)C(C3)C21.CC.CC.CC.CC.CC.CC.CC.CO.O=C(CC1CC2CC1C1C3C=CC(C3)C21)OCc1ccccc1. The molecule has 3 heteroatoms. The van der Waals surface area contributed by atoms with Gasteiger partial charge in [-0.1, -0.05) is 255 Å². The quantitative estimate of drug-likeness (QED) is 0.109. The lowest BCUT2D eigenvalue weighted by atomic mass is 9.61. The van der Waals surface area contributed by atoms with Crippen LogP contribution < -0.4 is 0 Å². The van der Waals surface area contributed by atoms with Gasteiger partial charge in [-0.3, -0.25) is 4.79 Å². The van der Waals surface area contributed by atoms with Gasteiger partial charge in [0, 0.05) is 13.5 Å². The van der Waals surface area contributed by atoms with E-state index in [9.17, 15) is 4.79 Å². The standard InChI is InChI=1S/C24H24.C21H24O2.C19H22.7C2H6.CH4O/c1-3-7-15(8-4-1)21-19-14-20(22(21)16-9-5-2-6-10-16)24-18-12-11-17(13-18)23(19)24;22-19(23-12-13-4-2-1-3-5-13)11-16-9-17-10-18(16)21-15-7-6-14(8-15)20(17)21;1-2-4-12(5-3-1)8-15-10-16-11-17(15)19-14-7-6-13(9-14)18(16)19;8*1-2/h1-12,17-24H,13-14H2;1-7,14-18,20-21H,8-12H2;1-7,13-19H,8-11H2;7*1-2H3;2H,1H3. The summed E-state index contributed by atoms with van der Waals surface area (Å²) >= 11 is 0. The van der Waals surface area contributed by atoms with E-state index in [1.807, 2.05) is 127 Å². The van der Waals surface area contributed by atoms with Crippen molar-refractivity contribution in [2.24, 2.45) is 118 Å². The van der Waals surface area contributed by atoms with E-state index >= 15 is 0 Å². The molecule has 0 spiro atoms. The molecule has 22 atom stereocenters. The lowest BCUT2D eigenvalue weighted by Crippen LogP contribution is -2.34. The lowest BCUT2D eigenvalue weighted by Gasteiger charge is -2.42. The van der Waals surface area contributed by atoms with Crippen molar-refractivity contribution >= 4 is 5.97 Å². The monoisotopic (exact) mass is 1110 g/mol. The van der Waals surface area contributed by atoms with Crippen LogP contribution in [0.3, 0.4) is 0 Å². The maximum absolute atomic E-state index is 12.3. The maximum atomic E-state index is 12.3. The van der Waals surface area contributed by atoms with Gasteiger partial charge in [-0.15, -0.1) is 0 Å². The Bertz CT molecular complexity index is 2410. The minimum absolute atomic E-state index is 0.00153. The Morgan fingerprint density at radius 2 is 0.683 bits per heavy atom. The molecule has 4 aromatic rings. The summed E-state index contributed by atoms with van der Waals surface area (Å²) in [6.07, 6.45) is 28.7.